The number of fused-ring (bicyclic) bond motifs is 2. The summed E-state index contributed by atoms with van der Waals surface area (Å²) in [6.07, 6.45) is 1.48. The summed E-state index contributed by atoms with van der Waals surface area (Å²) in [4.78, 5) is 0. The van der Waals surface area contributed by atoms with Crippen molar-refractivity contribution in [3.63, 3.8) is 0 Å². The largest absolute Gasteiger partial charge is 0.530 e. The number of aryl methyl sites for hydroxylation is 4. The summed E-state index contributed by atoms with van der Waals surface area (Å²) >= 11 is 0. The van der Waals surface area contributed by atoms with Crippen LogP contribution in [0.25, 0.3) is 0 Å². The van der Waals surface area contributed by atoms with Crippen molar-refractivity contribution in [2.24, 2.45) is 0 Å². The first-order valence-electron chi connectivity index (χ1n) is 19.4. The number of phenolic OH excluding ortho intramolecular Hbond substituents is 1. The third-order valence-corrected chi connectivity index (χ3v) is 11.4. The van der Waals surface area contributed by atoms with Gasteiger partial charge in [-0.05, 0) is 72.5 Å². The Hall–Kier alpha value is -3.49. The van der Waals surface area contributed by atoms with Crippen molar-refractivity contribution in [2.45, 2.75) is 158 Å². The predicted octanol–water partition coefficient (Wildman–Crippen LogP) is 14.0. The van der Waals surface area contributed by atoms with Crippen LogP contribution in [0, 0.1) is 27.7 Å². The van der Waals surface area contributed by atoms with Gasteiger partial charge >= 0.3 is 8.60 Å². The van der Waals surface area contributed by atoms with E-state index in [0.29, 0.717) is 12.2 Å². The van der Waals surface area contributed by atoms with Gasteiger partial charge in [0.05, 0.1) is 0 Å². The maximum atomic E-state index is 12.0. The molecule has 0 saturated carbocycles. The maximum Gasteiger partial charge on any atom is 0.530 e. The van der Waals surface area contributed by atoms with Gasteiger partial charge in [-0.3, -0.25) is 0 Å². The molecule has 1 atom stereocenters. The fraction of sp³-hybridized carbons (Fsp3) is 0.500. The van der Waals surface area contributed by atoms with Crippen LogP contribution >= 0.6 is 8.60 Å². The smallest absolute Gasteiger partial charge is 0.507 e. The summed E-state index contributed by atoms with van der Waals surface area (Å²) < 4.78 is 21.7. The number of benzene rings is 4. The first kappa shape index (κ1) is 40.7. The Morgan fingerprint density at radius 3 is 1.36 bits per heavy atom. The van der Waals surface area contributed by atoms with Crippen molar-refractivity contribution >= 4 is 8.60 Å². The van der Waals surface area contributed by atoms with Crippen LogP contribution in [-0.4, -0.2) is 5.11 Å². The van der Waals surface area contributed by atoms with Crippen LogP contribution in [0.1, 0.15) is 169 Å². The van der Waals surface area contributed by atoms with E-state index < -0.39 is 8.60 Å². The monoisotopic (exact) mass is 736 g/mol. The van der Waals surface area contributed by atoms with Gasteiger partial charge in [0, 0.05) is 40.2 Å². The summed E-state index contributed by atoms with van der Waals surface area (Å²) in [6, 6.07) is 17.8. The molecule has 0 saturated heterocycles. The summed E-state index contributed by atoms with van der Waals surface area (Å²) in [6.45, 7) is 37.5. The molecule has 1 N–H and O–H groups in total. The van der Waals surface area contributed by atoms with Crippen molar-refractivity contribution in [1.82, 2.24) is 0 Å². The Morgan fingerprint density at radius 1 is 0.566 bits per heavy atom. The molecule has 1 aliphatic rings. The summed E-state index contributed by atoms with van der Waals surface area (Å²) in [5.74, 6) is 2.71. The predicted molar refractivity (Wildman–Crippen MR) is 225 cm³/mol. The summed E-state index contributed by atoms with van der Waals surface area (Å²) in [7, 11) is -2.00. The molecule has 4 aromatic rings. The molecule has 286 valence electrons. The Bertz CT molecular complexity index is 1940. The van der Waals surface area contributed by atoms with Crippen molar-refractivity contribution < 1.29 is 18.7 Å². The SMILES string of the molecule is CCC(c1cc(C)cc(C(C)(C)C)c1O)c1cc(C)cc(C(C)(C)C)c1OP1Oc2c(cc(C)cc2C(C)(C)C)Cc2cc(C)cc(C(C)(C)C)c2O1. The molecule has 4 nitrogen and oxygen atoms in total. The number of phenols is 1. The van der Waals surface area contributed by atoms with Crippen LogP contribution in [0.5, 0.6) is 23.0 Å². The second kappa shape index (κ2) is 14.3. The fourth-order valence-electron chi connectivity index (χ4n) is 7.74. The summed E-state index contributed by atoms with van der Waals surface area (Å²) in [5, 5.41) is 12.0. The third-order valence-electron chi connectivity index (χ3n) is 10.4. The van der Waals surface area contributed by atoms with Gasteiger partial charge in [0.1, 0.15) is 23.0 Å². The van der Waals surface area contributed by atoms with Crippen molar-refractivity contribution in [3.8, 4) is 23.0 Å². The van der Waals surface area contributed by atoms with E-state index in [1.807, 2.05) is 0 Å². The highest BCUT2D eigenvalue weighted by molar-refractivity contribution is 7.43. The van der Waals surface area contributed by atoms with E-state index in [2.05, 4.69) is 166 Å². The zero-order chi connectivity index (χ0) is 39.6. The Balaban J connectivity index is 1.82. The van der Waals surface area contributed by atoms with Crippen molar-refractivity contribution in [3.05, 3.63) is 115 Å². The van der Waals surface area contributed by atoms with Gasteiger partial charge in [-0.2, -0.15) is 0 Å². The molecule has 5 heteroatoms. The van der Waals surface area contributed by atoms with E-state index >= 15 is 0 Å². The second-order valence-electron chi connectivity index (χ2n) is 19.7. The number of aromatic hydroxyl groups is 1. The standard InChI is InChI=1S/C48H65O4P/c1-18-34(35-21-30(4)23-37(41(35)49)45(6,7)8)36-22-31(5)26-40(48(15,16)17)44(36)52-53-50-42-32(19-28(2)24-38(42)46(9,10)11)27-33-20-29(3)25-39(43(33)51-53)47(12,13)14/h19-26,34,49H,18,27H2,1-17H3. The van der Waals surface area contributed by atoms with Gasteiger partial charge in [0.2, 0.25) is 0 Å². The van der Waals surface area contributed by atoms with E-state index in [9.17, 15) is 5.11 Å². The van der Waals surface area contributed by atoms with Crippen LogP contribution in [0.15, 0.2) is 48.5 Å². The van der Waals surface area contributed by atoms with E-state index in [-0.39, 0.29) is 27.6 Å². The van der Waals surface area contributed by atoms with Gasteiger partial charge in [-0.15, -0.1) is 0 Å². The van der Waals surface area contributed by atoms with Crippen LogP contribution < -0.4 is 13.6 Å². The highest BCUT2D eigenvalue weighted by Crippen LogP contribution is 2.55. The van der Waals surface area contributed by atoms with Crippen LogP contribution in [-0.2, 0) is 28.1 Å². The third kappa shape index (κ3) is 8.59. The molecule has 0 radical (unpaired) electrons. The number of hydrogen-bond donors (Lipinski definition) is 1. The first-order chi connectivity index (χ1) is 24.3. The maximum absolute atomic E-state index is 12.0. The van der Waals surface area contributed by atoms with E-state index in [4.69, 9.17) is 13.6 Å². The quantitative estimate of drug-likeness (QED) is 0.207. The molecular weight excluding hydrogens is 671 g/mol. The minimum absolute atomic E-state index is 0.128. The van der Waals surface area contributed by atoms with Gasteiger partial charge in [-0.1, -0.05) is 161 Å². The second-order valence-corrected chi connectivity index (χ2v) is 20.7. The molecule has 5 rings (SSSR count). The van der Waals surface area contributed by atoms with Crippen LogP contribution in [0.4, 0.5) is 0 Å². The topological polar surface area (TPSA) is 47.9 Å². The minimum atomic E-state index is -2.00. The first-order valence-corrected chi connectivity index (χ1v) is 20.5. The van der Waals surface area contributed by atoms with Gasteiger partial charge < -0.3 is 18.7 Å². The molecule has 1 heterocycles. The molecular formula is C48H65O4P. The zero-order valence-corrected chi connectivity index (χ0v) is 36.6. The molecule has 1 aliphatic heterocycles. The Kier molecular flexibility index (Phi) is 11.0. The van der Waals surface area contributed by atoms with Crippen LogP contribution in [0.3, 0.4) is 0 Å². The lowest BCUT2D eigenvalue weighted by Crippen LogP contribution is -2.21. The number of rotatable bonds is 5. The van der Waals surface area contributed by atoms with E-state index in [0.717, 1.165) is 79.3 Å². The molecule has 0 fully saturated rings. The summed E-state index contributed by atoms with van der Waals surface area (Å²) in [5.41, 5.74) is 12.5. The van der Waals surface area contributed by atoms with Crippen molar-refractivity contribution in [2.75, 3.05) is 0 Å². The highest BCUT2D eigenvalue weighted by atomic mass is 31.2. The van der Waals surface area contributed by atoms with Crippen LogP contribution in [0.2, 0.25) is 0 Å². The van der Waals surface area contributed by atoms with E-state index in [1.165, 1.54) is 11.1 Å². The van der Waals surface area contributed by atoms with Gasteiger partial charge in [-0.25, -0.2) is 0 Å². The molecule has 0 spiro atoms. The molecule has 4 aromatic carbocycles. The Labute approximate surface area is 322 Å². The van der Waals surface area contributed by atoms with Gasteiger partial charge in [0.25, 0.3) is 0 Å². The Morgan fingerprint density at radius 2 is 0.943 bits per heavy atom. The van der Waals surface area contributed by atoms with Crippen molar-refractivity contribution in [1.29, 1.82) is 0 Å². The normalized spacial score (nSPS) is 14.7. The zero-order valence-electron chi connectivity index (χ0n) is 35.7. The average molecular weight is 737 g/mol. The molecule has 53 heavy (non-hydrogen) atoms. The average Bonchev–Trinajstić information content (AvgIpc) is 2.99. The molecule has 0 bridgehead atoms. The van der Waals surface area contributed by atoms with Gasteiger partial charge in [0.15, 0.2) is 0 Å². The lowest BCUT2D eigenvalue weighted by Gasteiger charge is -2.34. The molecule has 1 unspecified atom stereocenters. The lowest BCUT2D eigenvalue weighted by atomic mass is 9.77. The fourth-order valence-corrected chi connectivity index (χ4v) is 8.94. The molecule has 0 aliphatic carbocycles. The van der Waals surface area contributed by atoms with E-state index in [1.54, 1.807) is 0 Å². The molecule has 0 amide bonds. The molecule has 0 aromatic heterocycles. The lowest BCUT2D eigenvalue weighted by molar-refractivity contribution is 0.363. The number of hydrogen-bond acceptors (Lipinski definition) is 4. The minimum Gasteiger partial charge on any atom is -0.507 e. The highest BCUT2D eigenvalue weighted by Gasteiger charge is 2.37.